The molecule has 1 aliphatic rings. The molecule has 2 heterocycles. The van der Waals surface area contributed by atoms with E-state index in [9.17, 15) is 13.2 Å². The molecule has 0 N–H and O–H groups in total. The van der Waals surface area contributed by atoms with E-state index in [0.29, 0.717) is 6.42 Å². The van der Waals surface area contributed by atoms with Gasteiger partial charge in [0.15, 0.2) is 21.3 Å². The summed E-state index contributed by atoms with van der Waals surface area (Å²) >= 11 is 0. The van der Waals surface area contributed by atoms with E-state index in [4.69, 9.17) is 0 Å². The highest BCUT2D eigenvalue weighted by Gasteiger charge is 2.33. The second-order valence-electron chi connectivity index (χ2n) is 5.42. The summed E-state index contributed by atoms with van der Waals surface area (Å²) in [6, 6.07) is 3.14. The van der Waals surface area contributed by atoms with E-state index in [-0.39, 0.29) is 29.1 Å². The maximum absolute atomic E-state index is 12.4. The van der Waals surface area contributed by atoms with Crippen LogP contribution in [-0.2, 0) is 9.84 Å². The summed E-state index contributed by atoms with van der Waals surface area (Å²) in [7, 11) is -1.40. The van der Waals surface area contributed by atoms with Gasteiger partial charge in [0.2, 0.25) is 0 Å². The van der Waals surface area contributed by atoms with E-state index in [1.807, 2.05) is 18.7 Å². The van der Waals surface area contributed by atoms with Crippen LogP contribution >= 0.6 is 0 Å². The summed E-state index contributed by atoms with van der Waals surface area (Å²) in [6.45, 7) is 5.69. The normalized spacial score (nSPS) is 19.9. The molecule has 1 saturated heterocycles. The topological polar surface area (TPSA) is 83.5 Å². The molecule has 0 saturated carbocycles. The van der Waals surface area contributed by atoms with Gasteiger partial charge in [-0.15, -0.1) is 10.2 Å². The van der Waals surface area contributed by atoms with E-state index in [2.05, 4.69) is 10.2 Å². The summed E-state index contributed by atoms with van der Waals surface area (Å²) in [4.78, 5) is 15.9. The molecule has 1 aliphatic heterocycles. The molecule has 0 aromatic carbocycles. The molecule has 0 aliphatic carbocycles. The summed E-state index contributed by atoms with van der Waals surface area (Å²) in [5.74, 6) is 0.607. The zero-order chi connectivity index (χ0) is 16.3. The van der Waals surface area contributed by atoms with E-state index in [0.717, 1.165) is 18.9 Å². The number of hydrogen-bond acceptors (Lipinski definition) is 6. The third kappa shape index (κ3) is 3.55. The summed E-state index contributed by atoms with van der Waals surface area (Å²) in [5, 5.41) is 8.08. The van der Waals surface area contributed by atoms with Crippen LogP contribution in [0.1, 0.15) is 30.8 Å². The average molecular weight is 326 g/mol. The second kappa shape index (κ2) is 6.60. The number of sulfone groups is 1. The molecule has 0 radical (unpaired) electrons. The van der Waals surface area contributed by atoms with Gasteiger partial charge in [0, 0.05) is 26.2 Å². The number of nitrogens with zero attached hydrogens (tertiary/aromatic N) is 4. The van der Waals surface area contributed by atoms with Gasteiger partial charge >= 0.3 is 0 Å². The van der Waals surface area contributed by atoms with Crippen LogP contribution < -0.4 is 4.90 Å². The fraction of sp³-hybridized carbons (Fsp3) is 0.643. The lowest BCUT2D eigenvalue weighted by Crippen LogP contribution is -2.38. The minimum absolute atomic E-state index is 0.0280. The van der Waals surface area contributed by atoms with Gasteiger partial charge < -0.3 is 9.80 Å². The molecule has 1 atom stereocenters. The number of rotatable bonds is 5. The van der Waals surface area contributed by atoms with Crippen molar-refractivity contribution in [1.29, 1.82) is 0 Å². The number of aromatic nitrogens is 2. The predicted molar refractivity (Wildman–Crippen MR) is 84.7 cm³/mol. The zero-order valence-corrected chi connectivity index (χ0v) is 14.0. The highest BCUT2D eigenvalue weighted by Crippen LogP contribution is 2.18. The molecule has 1 aromatic heterocycles. The minimum Gasteiger partial charge on any atom is -0.356 e. The molecule has 0 bridgehead atoms. The fourth-order valence-electron chi connectivity index (χ4n) is 2.58. The van der Waals surface area contributed by atoms with Crippen LogP contribution in [0.15, 0.2) is 12.1 Å². The van der Waals surface area contributed by atoms with Crippen molar-refractivity contribution >= 4 is 21.6 Å². The van der Waals surface area contributed by atoms with Crippen LogP contribution in [0, 0.1) is 0 Å². The molecule has 0 spiro atoms. The molecule has 1 fully saturated rings. The Hall–Kier alpha value is -1.70. The van der Waals surface area contributed by atoms with Crippen molar-refractivity contribution in [2.45, 2.75) is 26.3 Å². The standard InChI is InChI=1S/C14H22N4O3S/c1-4-18(5-2)13-7-6-12(15-16-13)14(19)17(3)11-8-9-22(20,21)10-11/h6-7,11H,4-5,8-10H2,1-3H3. The lowest BCUT2D eigenvalue weighted by atomic mass is 10.2. The Labute approximate surface area is 131 Å². The minimum atomic E-state index is -3.02. The van der Waals surface area contributed by atoms with Crippen molar-refractivity contribution in [1.82, 2.24) is 15.1 Å². The van der Waals surface area contributed by atoms with Crippen molar-refractivity contribution in [2.24, 2.45) is 0 Å². The lowest BCUT2D eigenvalue weighted by molar-refractivity contribution is 0.0740. The van der Waals surface area contributed by atoms with Gasteiger partial charge in [-0.3, -0.25) is 4.79 Å². The first kappa shape index (κ1) is 16.7. The van der Waals surface area contributed by atoms with E-state index in [1.165, 1.54) is 4.90 Å². The van der Waals surface area contributed by atoms with Gasteiger partial charge in [-0.1, -0.05) is 0 Å². The molecule has 22 heavy (non-hydrogen) atoms. The Balaban J connectivity index is 2.09. The number of amides is 1. The van der Waals surface area contributed by atoms with Crippen LogP contribution in [0.4, 0.5) is 5.82 Å². The molecule has 7 nitrogen and oxygen atoms in total. The average Bonchev–Trinajstić information content (AvgIpc) is 2.88. The van der Waals surface area contributed by atoms with Gasteiger partial charge in [-0.25, -0.2) is 8.42 Å². The summed E-state index contributed by atoms with van der Waals surface area (Å²) in [6.07, 6.45) is 0.482. The highest BCUT2D eigenvalue weighted by atomic mass is 32.2. The Morgan fingerprint density at radius 3 is 2.41 bits per heavy atom. The Morgan fingerprint density at radius 2 is 1.95 bits per heavy atom. The molecule has 2 rings (SSSR count). The number of hydrogen-bond donors (Lipinski definition) is 0. The first-order valence-corrected chi connectivity index (χ1v) is 9.26. The van der Waals surface area contributed by atoms with Crippen molar-refractivity contribution in [3.8, 4) is 0 Å². The molecule has 1 unspecified atom stereocenters. The number of carbonyl (C=O) groups is 1. The van der Waals surface area contributed by atoms with Gasteiger partial charge in [-0.05, 0) is 32.4 Å². The quantitative estimate of drug-likeness (QED) is 0.787. The highest BCUT2D eigenvalue weighted by molar-refractivity contribution is 7.91. The molecule has 8 heteroatoms. The predicted octanol–water partition coefficient (Wildman–Crippen LogP) is 0.582. The Bertz CT molecular complexity index is 626. The molecule has 122 valence electrons. The SMILES string of the molecule is CCN(CC)c1ccc(C(=O)N(C)C2CCS(=O)(=O)C2)nn1. The van der Waals surface area contributed by atoms with Crippen molar-refractivity contribution in [2.75, 3.05) is 36.5 Å². The van der Waals surface area contributed by atoms with Crippen LogP contribution in [0.3, 0.4) is 0 Å². The van der Waals surface area contributed by atoms with E-state index < -0.39 is 9.84 Å². The maximum Gasteiger partial charge on any atom is 0.274 e. The van der Waals surface area contributed by atoms with Crippen LogP contribution in [-0.4, -0.2) is 67.1 Å². The van der Waals surface area contributed by atoms with Gasteiger partial charge in [0.25, 0.3) is 5.91 Å². The summed E-state index contributed by atoms with van der Waals surface area (Å²) < 4.78 is 23.0. The largest absolute Gasteiger partial charge is 0.356 e. The molecule has 1 amide bonds. The third-order valence-electron chi connectivity index (χ3n) is 4.03. The van der Waals surface area contributed by atoms with Crippen LogP contribution in [0.25, 0.3) is 0 Å². The van der Waals surface area contributed by atoms with Gasteiger partial charge in [0.1, 0.15) is 0 Å². The summed E-state index contributed by atoms with van der Waals surface area (Å²) in [5.41, 5.74) is 0.239. The van der Waals surface area contributed by atoms with Crippen LogP contribution in [0.2, 0.25) is 0 Å². The first-order valence-electron chi connectivity index (χ1n) is 7.44. The molecule has 1 aromatic rings. The van der Waals surface area contributed by atoms with E-state index in [1.54, 1.807) is 19.2 Å². The van der Waals surface area contributed by atoms with Crippen LogP contribution in [0.5, 0.6) is 0 Å². The Morgan fingerprint density at radius 1 is 1.27 bits per heavy atom. The monoisotopic (exact) mass is 326 g/mol. The molecular weight excluding hydrogens is 304 g/mol. The van der Waals surface area contributed by atoms with E-state index >= 15 is 0 Å². The van der Waals surface area contributed by atoms with Crippen molar-refractivity contribution in [3.05, 3.63) is 17.8 Å². The first-order chi connectivity index (χ1) is 10.4. The Kier molecular flexibility index (Phi) is 5.00. The smallest absolute Gasteiger partial charge is 0.274 e. The number of carbonyl (C=O) groups excluding carboxylic acids is 1. The van der Waals surface area contributed by atoms with Crippen molar-refractivity contribution < 1.29 is 13.2 Å². The lowest BCUT2D eigenvalue weighted by Gasteiger charge is -2.23. The molecular formula is C14H22N4O3S. The maximum atomic E-state index is 12.4. The van der Waals surface area contributed by atoms with Crippen molar-refractivity contribution in [3.63, 3.8) is 0 Å². The van der Waals surface area contributed by atoms with Gasteiger partial charge in [0.05, 0.1) is 11.5 Å². The van der Waals surface area contributed by atoms with Gasteiger partial charge in [-0.2, -0.15) is 0 Å². The third-order valence-corrected chi connectivity index (χ3v) is 5.78. The number of anilines is 1. The zero-order valence-electron chi connectivity index (χ0n) is 13.2. The fourth-order valence-corrected chi connectivity index (χ4v) is 4.36. The second-order valence-corrected chi connectivity index (χ2v) is 7.65.